The molecule has 0 bridgehead atoms. The van der Waals surface area contributed by atoms with Gasteiger partial charge in [0.15, 0.2) is 0 Å². The second-order valence-corrected chi connectivity index (χ2v) is 7.70. The van der Waals surface area contributed by atoms with Crippen LogP contribution in [0.25, 0.3) is 0 Å². The van der Waals surface area contributed by atoms with Crippen molar-refractivity contribution in [3.8, 4) is 0 Å². The van der Waals surface area contributed by atoms with E-state index in [9.17, 15) is 13.2 Å². The van der Waals surface area contributed by atoms with E-state index in [1.54, 1.807) is 24.3 Å². The van der Waals surface area contributed by atoms with Crippen LogP contribution in [0, 0.1) is 5.92 Å². The highest BCUT2D eigenvalue weighted by atomic mass is 32.2. The maximum absolute atomic E-state index is 12.5. The Morgan fingerprint density at radius 2 is 2.13 bits per heavy atom. The van der Waals surface area contributed by atoms with Crippen LogP contribution in [0.4, 0.5) is 16.2 Å². The smallest absolute Gasteiger partial charge is 0.414 e. The van der Waals surface area contributed by atoms with Gasteiger partial charge < -0.3 is 4.74 Å². The van der Waals surface area contributed by atoms with E-state index < -0.39 is 16.3 Å². The molecule has 7 nitrogen and oxygen atoms in total. The van der Waals surface area contributed by atoms with Gasteiger partial charge >= 0.3 is 16.3 Å². The molecule has 0 aliphatic carbocycles. The maximum Gasteiger partial charge on any atom is 0.414 e. The lowest BCUT2D eigenvalue weighted by molar-refractivity contribution is 0.181. The third-order valence-electron chi connectivity index (χ3n) is 4.13. The number of anilines is 2. The van der Waals surface area contributed by atoms with E-state index in [0.717, 1.165) is 12.8 Å². The first-order valence-corrected chi connectivity index (χ1v) is 9.22. The minimum Gasteiger partial charge on any atom is -0.447 e. The van der Waals surface area contributed by atoms with Gasteiger partial charge in [-0.25, -0.2) is 4.79 Å². The number of benzene rings is 1. The molecule has 2 heterocycles. The van der Waals surface area contributed by atoms with Gasteiger partial charge in [0.1, 0.15) is 6.61 Å². The summed E-state index contributed by atoms with van der Waals surface area (Å²) in [6.07, 6.45) is 1.52. The summed E-state index contributed by atoms with van der Waals surface area (Å²) < 4.78 is 34.0. The van der Waals surface area contributed by atoms with Crippen molar-refractivity contribution in [3.63, 3.8) is 0 Å². The predicted octanol–water partition coefficient (Wildman–Crippen LogP) is 2.03. The van der Waals surface area contributed by atoms with Gasteiger partial charge in [0, 0.05) is 18.8 Å². The van der Waals surface area contributed by atoms with Crippen LogP contribution in [0.15, 0.2) is 24.3 Å². The highest BCUT2D eigenvalue weighted by molar-refractivity contribution is 7.90. The lowest BCUT2D eigenvalue weighted by Crippen LogP contribution is -2.42. The molecule has 1 aromatic rings. The largest absolute Gasteiger partial charge is 0.447 e. The van der Waals surface area contributed by atoms with Crippen LogP contribution in [0.2, 0.25) is 0 Å². The summed E-state index contributed by atoms with van der Waals surface area (Å²) in [5.41, 5.74) is 1.07. The van der Waals surface area contributed by atoms with Crippen molar-refractivity contribution in [1.29, 1.82) is 0 Å². The molecule has 2 saturated heterocycles. The molecule has 23 heavy (non-hydrogen) atoms. The fraction of sp³-hybridized carbons (Fsp3) is 0.533. The third-order valence-corrected chi connectivity index (χ3v) is 5.63. The first kappa shape index (κ1) is 16.1. The third kappa shape index (κ3) is 3.59. The molecule has 0 saturated carbocycles. The number of hydrogen-bond acceptors (Lipinski definition) is 4. The second-order valence-electron chi connectivity index (χ2n) is 6.03. The van der Waals surface area contributed by atoms with Crippen LogP contribution in [0.3, 0.4) is 0 Å². The molecule has 1 N–H and O–H groups in total. The van der Waals surface area contributed by atoms with Crippen LogP contribution in [0.5, 0.6) is 0 Å². The van der Waals surface area contributed by atoms with Gasteiger partial charge in [-0.1, -0.05) is 13.0 Å². The van der Waals surface area contributed by atoms with Crippen molar-refractivity contribution in [1.82, 2.24) is 4.31 Å². The zero-order valence-electron chi connectivity index (χ0n) is 13.1. The molecule has 2 aliphatic heterocycles. The Hall–Kier alpha value is -1.80. The fourth-order valence-corrected chi connectivity index (χ4v) is 4.32. The Morgan fingerprint density at radius 3 is 2.83 bits per heavy atom. The molecule has 0 unspecified atom stereocenters. The van der Waals surface area contributed by atoms with Crippen molar-refractivity contribution < 1.29 is 17.9 Å². The number of carbonyl (C=O) groups excluding carboxylic acids is 1. The summed E-state index contributed by atoms with van der Waals surface area (Å²) in [5.74, 6) is 0.367. The first-order valence-electron chi connectivity index (χ1n) is 7.78. The average molecular weight is 339 g/mol. The fourth-order valence-electron chi connectivity index (χ4n) is 2.94. The minimum absolute atomic E-state index is 0.348. The number of hydrogen-bond donors (Lipinski definition) is 1. The van der Waals surface area contributed by atoms with Crippen molar-refractivity contribution in [2.75, 3.05) is 35.9 Å². The van der Waals surface area contributed by atoms with Gasteiger partial charge in [-0.2, -0.15) is 12.7 Å². The minimum atomic E-state index is -3.57. The quantitative estimate of drug-likeness (QED) is 0.910. The molecule has 2 aliphatic rings. The molecule has 0 radical (unpaired) electrons. The van der Waals surface area contributed by atoms with Gasteiger partial charge in [0.2, 0.25) is 0 Å². The van der Waals surface area contributed by atoms with E-state index in [1.165, 1.54) is 9.21 Å². The van der Waals surface area contributed by atoms with E-state index in [-0.39, 0.29) is 0 Å². The molecular formula is C15H21N3O4S. The number of amides is 1. The summed E-state index contributed by atoms with van der Waals surface area (Å²) in [4.78, 5) is 13.1. The van der Waals surface area contributed by atoms with Gasteiger partial charge in [-0.15, -0.1) is 0 Å². The van der Waals surface area contributed by atoms with Gasteiger partial charge in [-0.3, -0.25) is 9.62 Å². The summed E-state index contributed by atoms with van der Waals surface area (Å²) in [6, 6.07) is 6.80. The number of carbonyl (C=O) groups is 1. The summed E-state index contributed by atoms with van der Waals surface area (Å²) in [5, 5.41) is 0. The number of nitrogens with one attached hydrogen (secondary N) is 1. The zero-order chi connectivity index (χ0) is 16.4. The number of rotatable bonds is 4. The number of cyclic esters (lactones) is 1. The van der Waals surface area contributed by atoms with E-state index >= 15 is 0 Å². The second kappa shape index (κ2) is 6.37. The lowest BCUT2D eigenvalue weighted by atomic mass is 10.0. The van der Waals surface area contributed by atoms with Crippen LogP contribution in [-0.2, 0) is 14.9 Å². The Kier molecular flexibility index (Phi) is 4.45. The molecule has 3 rings (SSSR count). The topological polar surface area (TPSA) is 79.0 Å². The normalized spacial score (nSPS) is 22.9. The molecule has 2 fully saturated rings. The highest BCUT2D eigenvalue weighted by Gasteiger charge is 2.28. The van der Waals surface area contributed by atoms with Crippen LogP contribution >= 0.6 is 0 Å². The van der Waals surface area contributed by atoms with Crippen molar-refractivity contribution in [2.45, 2.75) is 19.8 Å². The van der Waals surface area contributed by atoms with Gasteiger partial charge in [-0.05, 0) is 37.0 Å². The number of nitrogens with zero attached hydrogens (tertiary/aromatic N) is 2. The molecule has 1 atom stereocenters. The maximum atomic E-state index is 12.5. The Labute approximate surface area is 136 Å². The average Bonchev–Trinajstić information content (AvgIpc) is 2.93. The molecule has 1 aromatic carbocycles. The summed E-state index contributed by atoms with van der Waals surface area (Å²) in [7, 11) is -3.57. The molecule has 126 valence electrons. The van der Waals surface area contributed by atoms with Crippen molar-refractivity contribution in [2.24, 2.45) is 5.92 Å². The molecule has 8 heteroatoms. The van der Waals surface area contributed by atoms with E-state index in [4.69, 9.17) is 4.74 Å². The van der Waals surface area contributed by atoms with Crippen molar-refractivity contribution >= 4 is 27.7 Å². The number of ether oxygens (including phenoxy) is 1. The summed E-state index contributed by atoms with van der Waals surface area (Å²) >= 11 is 0. The lowest BCUT2D eigenvalue weighted by Gasteiger charge is -2.30. The highest BCUT2D eigenvalue weighted by Crippen LogP contribution is 2.25. The molecular weight excluding hydrogens is 318 g/mol. The Morgan fingerprint density at radius 1 is 1.30 bits per heavy atom. The van der Waals surface area contributed by atoms with Crippen LogP contribution < -0.4 is 9.62 Å². The van der Waals surface area contributed by atoms with E-state index in [2.05, 4.69) is 11.6 Å². The Bertz CT molecular complexity index is 692. The molecule has 0 spiro atoms. The van der Waals surface area contributed by atoms with E-state index in [0.29, 0.717) is 43.5 Å². The van der Waals surface area contributed by atoms with Crippen molar-refractivity contribution in [3.05, 3.63) is 24.3 Å². The summed E-state index contributed by atoms with van der Waals surface area (Å²) in [6.45, 7) is 3.95. The SMILES string of the molecule is C[C@@H]1CCCN(S(=O)(=O)Nc2cccc(N3CCOC3=O)c2)C1. The van der Waals surface area contributed by atoms with Gasteiger partial charge in [0.25, 0.3) is 0 Å². The standard InChI is InChI=1S/C15H21N3O4S/c1-12-4-3-7-17(11-12)23(20,21)16-13-5-2-6-14(10-13)18-8-9-22-15(18)19/h2,5-6,10,12,16H,3-4,7-9,11H2,1H3/t12-/m1/s1. The zero-order valence-corrected chi connectivity index (χ0v) is 13.9. The predicted molar refractivity (Wildman–Crippen MR) is 87.6 cm³/mol. The molecule has 1 amide bonds. The van der Waals surface area contributed by atoms with E-state index in [1.807, 2.05) is 0 Å². The van der Waals surface area contributed by atoms with Crippen LogP contribution in [-0.4, -0.2) is 45.1 Å². The van der Waals surface area contributed by atoms with Crippen LogP contribution in [0.1, 0.15) is 19.8 Å². The van der Waals surface area contributed by atoms with Gasteiger partial charge in [0.05, 0.1) is 12.2 Å². The monoisotopic (exact) mass is 339 g/mol. The first-order chi connectivity index (χ1) is 11.0. The number of piperidine rings is 1. The Balaban J connectivity index is 1.75. The molecule has 0 aromatic heterocycles.